The predicted molar refractivity (Wildman–Crippen MR) is 86.9 cm³/mol. The molecule has 1 aromatic rings. The number of nitrogens with zero attached hydrogens (tertiary/aromatic N) is 1. The van der Waals surface area contributed by atoms with Crippen LogP contribution in [-0.4, -0.2) is 23.5 Å². The van der Waals surface area contributed by atoms with Crippen molar-refractivity contribution >= 4 is 11.6 Å². The third kappa shape index (κ3) is 4.76. The molecule has 1 fully saturated rings. The van der Waals surface area contributed by atoms with E-state index in [-0.39, 0.29) is 0 Å². The summed E-state index contributed by atoms with van der Waals surface area (Å²) in [6.07, 6.45) is 4.78. The van der Waals surface area contributed by atoms with Crippen molar-refractivity contribution in [1.29, 1.82) is 0 Å². The van der Waals surface area contributed by atoms with E-state index in [2.05, 4.69) is 30.9 Å². The highest BCUT2D eigenvalue weighted by Crippen LogP contribution is 2.25. The summed E-state index contributed by atoms with van der Waals surface area (Å²) < 4.78 is 0. The van der Waals surface area contributed by atoms with Crippen LogP contribution in [0.2, 0.25) is 5.02 Å². The molecule has 112 valence electrons. The number of hydrogen-bond acceptors (Lipinski definition) is 2. The molecule has 0 aliphatic heterocycles. The van der Waals surface area contributed by atoms with Gasteiger partial charge in [0.15, 0.2) is 0 Å². The average Bonchev–Trinajstić information content (AvgIpc) is 2.38. The highest BCUT2D eigenvalue weighted by molar-refractivity contribution is 6.30. The molecule has 0 spiro atoms. The molecule has 0 saturated heterocycles. The first-order chi connectivity index (χ1) is 9.54. The summed E-state index contributed by atoms with van der Waals surface area (Å²) in [5.74, 6) is 0.685. The Hall–Kier alpha value is -0.570. The van der Waals surface area contributed by atoms with Crippen molar-refractivity contribution in [1.82, 2.24) is 4.90 Å². The highest BCUT2D eigenvalue weighted by Gasteiger charge is 2.24. The van der Waals surface area contributed by atoms with E-state index >= 15 is 0 Å². The Labute approximate surface area is 128 Å². The average molecular weight is 295 g/mol. The molecule has 1 aromatic carbocycles. The SMILES string of the molecule is CC(C)CN(Cc1cccc(Cl)c1)C1CCC(N)CC1. The second-order valence-electron chi connectivity index (χ2n) is 6.52. The van der Waals surface area contributed by atoms with Gasteiger partial charge in [-0.1, -0.05) is 37.6 Å². The molecule has 0 atom stereocenters. The van der Waals surface area contributed by atoms with Crippen molar-refractivity contribution in [3.05, 3.63) is 34.9 Å². The van der Waals surface area contributed by atoms with Crippen molar-refractivity contribution in [2.75, 3.05) is 6.54 Å². The molecular formula is C17H27ClN2. The fourth-order valence-electron chi connectivity index (χ4n) is 3.15. The maximum Gasteiger partial charge on any atom is 0.0409 e. The maximum absolute atomic E-state index is 6.10. The van der Waals surface area contributed by atoms with Gasteiger partial charge in [-0.25, -0.2) is 0 Å². The van der Waals surface area contributed by atoms with E-state index in [0.29, 0.717) is 18.0 Å². The Kier molecular flexibility index (Phi) is 5.88. The van der Waals surface area contributed by atoms with Crippen LogP contribution in [0.1, 0.15) is 45.1 Å². The van der Waals surface area contributed by atoms with Gasteiger partial charge in [0.2, 0.25) is 0 Å². The fourth-order valence-corrected chi connectivity index (χ4v) is 3.36. The number of hydrogen-bond donors (Lipinski definition) is 1. The van der Waals surface area contributed by atoms with Gasteiger partial charge < -0.3 is 5.73 Å². The minimum Gasteiger partial charge on any atom is -0.328 e. The van der Waals surface area contributed by atoms with Gasteiger partial charge in [0.1, 0.15) is 0 Å². The van der Waals surface area contributed by atoms with Gasteiger partial charge in [-0.15, -0.1) is 0 Å². The lowest BCUT2D eigenvalue weighted by Gasteiger charge is -2.37. The van der Waals surface area contributed by atoms with Gasteiger partial charge >= 0.3 is 0 Å². The molecule has 0 bridgehead atoms. The first kappa shape index (κ1) is 15.8. The van der Waals surface area contributed by atoms with Crippen LogP contribution in [0.5, 0.6) is 0 Å². The van der Waals surface area contributed by atoms with E-state index in [1.165, 1.54) is 18.4 Å². The Morgan fingerprint density at radius 3 is 2.55 bits per heavy atom. The van der Waals surface area contributed by atoms with Crippen LogP contribution >= 0.6 is 11.6 Å². The summed E-state index contributed by atoms with van der Waals surface area (Å²) in [4.78, 5) is 2.63. The largest absolute Gasteiger partial charge is 0.328 e. The van der Waals surface area contributed by atoms with Crippen LogP contribution in [-0.2, 0) is 6.54 Å². The summed E-state index contributed by atoms with van der Waals surface area (Å²) in [6.45, 7) is 6.73. The summed E-state index contributed by atoms with van der Waals surface area (Å²) in [7, 11) is 0. The molecule has 0 aromatic heterocycles. The van der Waals surface area contributed by atoms with Gasteiger partial charge in [0.05, 0.1) is 0 Å². The van der Waals surface area contributed by atoms with Crippen LogP contribution in [0.3, 0.4) is 0 Å². The smallest absolute Gasteiger partial charge is 0.0409 e. The van der Waals surface area contributed by atoms with E-state index in [1.54, 1.807) is 0 Å². The monoisotopic (exact) mass is 294 g/mol. The van der Waals surface area contributed by atoms with Crippen LogP contribution < -0.4 is 5.73 Å². The Bertz CT molecular complexity index is 411. The topological polar surface area (TPSA) is 29.3 Å². The second-order valence-corrected chi connectivity index (χ2v) is 6.96. The van der Waals surface area contributed by atoms with Gasteiger partial charge in [-0.3, -0.25) is 4.90 Å². The molecule has 20 heavy (non-hydrogen) atoms. The molecule has 0 heterocycles. The molecule has 1 aliphatic carbocycles. The second kappa shape index (κ2) is 7.44. The van der Waals surface area contributed by atoms with Crippen molar-refractivity contribution in [2.24, 2.45) is 11.7 Å². The zero-order valence-corrected chi connectivity index (χ0v) is 13.4. The zero-order valence-electron chi connectivity index (χ0n) is 12.7. The van der Waals surface area contributed by atoms with Gasteiger partial charge in [-0.05, 0) is 49.3 Å². The van der Waals surface area contributed by atoms with Crippen molar-refractivity contribution < 1.29 is 0 Å². The molecule has 0 amide bonds. The molecule has 2 N–H and O–H groups in total. The normalized spacial score (nSPS) is 23.5. The lowest BCUT2D eigenvalue weighted by Crippen LogP contribution is -2.42. The van der Waals surface area contributed by atoms with Crippen LogP contribution in [0.15, 0.2) is 24.3 Å². The third-order valence-electron chi connectivity index (χ3n) is 4.13. The standard InChI is InChI=1S/C17H27ClN2/c1-13(2)11-20(17-8-6-16(19)7-9-17)12-14-4-3-5-15(18)10-14/h3-5,10,13,16-17H,6-9,11-12,19H2,1-2H3. The first-order valence-electron chi connectivity index (χ1n) is 7.78. The number of benzene rings is 1. The van der Waals surface area contributed by atoms with E-state index < -0.39 is 0 Å². The van der Waals surface area contributed by atoms with Gasteiger partial charge in [-0.2, -0.15) is 0 Å². The summed E-state index contributed by atoms with van der Waals surface area (Å²) in [6, 6.07) is 9.34. The van der Waals surface area contributed by atoms with E-state index in [0.717, 1.165) is 31.0 Å². The Morgan fingerprint density at radius 1 is 1.25 bits per heavy atom. The van der Waals surface area contributed by atoms with Crippen molar-refractivity contribution in [2.45, 2.75) is 58.2 Å². The van der Waals surface area contributed by atoms with E-state index in [4.69, 9.17) is 17.3 Å². The Balaban J connectivity index is 2.03. The fraction of sp³-hybridized carbons (Fsp3) is 0.647. The van der Waals surface area contributed by atoms with Crippen molar-refractivity contribution in [3.63, 3.8) is 0 Å². The summed E-state index contributed by atoms with van der Waals surface area (Å²) in [5, 5.41) is 0.831. The minimum absolute atomic E-state index is 0.415. The van der Waals surface area contributed by atoms with E-state index in [9.17, 15) is 0 Å². The first-order valence-corrected chi connectivity index (χ1v) is 8.16. The predicted octanol–water partition coefficient (Wildman–Crippen LogP) is 4.07. The Morgan fingerprint density at radius 2 is 1.95 bits per heavy atom. The maximum atomic E-state index is 6.10. The highest BCUT2D eigenvalue weighted by atomic mass is 35.5. The summed E-state index contributed by atoms with van der Waals surface area (Å²) >= 11 is 6.10. The molecule has 3 heteroatoms. The number of halogens is 1. The van der Waals surface area contributed by atoms with Crippen LogP contribution in [0, 0.1) is 5.92 Å². The van der Waals surface area contributed by atoms with E-state index in [1.807, 2.05) is 12.1 Å². The quantitative estimate of drug-likeness (QED) is 0.887. The molecule has 2 rings (SSSR count). The van der Waals surface area contributed by atoms with Crippen LogP contribution in [0.25, 0.3) is 0 Å². The number of nitrogens with two attached hydrogens (primary N) is 1. The molecule has 1 saturated carbocycles. The molecule has 1 aliphatic rings. The molecule has 0 radical (unpaired) electrons. The van der Waals surface area contributed by atoms with Gasteiger partial charge in [0, 0.05) is 30.2 Å². The molecule has 0 unspecified atom stereocenters. The molecular weight excluding hydrogens is 268 g/mol. The summed E-state index contributed by atoms with van der Waals surface area (Å²) in [5.41, 5.74) is 7.35. The number of rotatable bonds is 5. The molecule has 2 nitrogen and oxygen atoms in total. The van der Waals surface area contributed by atoms with Gasteiger partial charge in [0.25, 0.3) is 0 Å². The third-order valence-corrected chi connectivity index (χ3v) is 4.37. The lowest BCUT2D eigenvalue weighted by atomic mass is 9.90. The van der Waals surface area contributed by atoms with Crippen LogP contribution in [0.4, 0.5) is 0 Å². The zero-order chi connectivity index (χ0) is 14.5. The van der Waals surface area contributed by atoms with Crippen molar-refractivity contribution in [3.8, 4) is 0 Å². The lowest BCUT2D eigenvalue weighted by molar-refractivity contribution is 0.127. The minimum atomic E-state index is 0.415.